The third-order valence-electron chi connectivity index (χ3n) is 2.62. The van der Waals surface area contributed by atoms with Gasteiger partial charge in [-0.15, -0.1) is 0 Å². The minimum absolute atomic E-state index is 0.872. The van der Waals surface area contributed by atoms with Crippen LogP contribution in [0.1, 0.15) is 12.8 Å². The Hall–Kier alpha value is 2.10. The van der Waals surface area contributed by atoms with Gasteiger partial charge < -0.3 is 0 Å². The summed E-state index contributed by atoms with van der Waals surface area (Å²) in [5.74, 6) is 9.99. The molecule has 1 saturated heterocycles. The highest BCUT2D eigenvalue weighted by Crippen LogP contribution is 2.35. The van der Waals surface area contributed by atoms with Gasteiger partial charge in [-0.25, -0.2) is 0 Å². The highest BCUT2D eigenvalue weighted by atomic mass is 32.2. The predicted octanol–water partition coefficient (Wildman–Crippen LogP) is 4.31. The fourth-order valence-corrected chi connectivity index (χ4v) is 8.42. The Morgan fingerprint density at radius 1 is 0.833 bits per heavy atom. The monoisotopic (exact) mass is 360 g/mol. The first-order valence-electron chi connectivity index (χ1n) is 6.49. The van der Waals surface area contributed by atoms with Gasteiger partial charge in [0, 0.05) is 33.5 Å². The fourth-order valence-electron chi connectivity index (χ4n) is 1.66. The van der Waals surface area contributed by atoms with Gasteiger partial charge in [0.25, 0.3) is 0 Å². The van der Waals surface area contributed by atoms with Crippen LogP contribution in [-0.2, 0) is 0 Å². The van der Waals surface area contributed by atoms with Crippen LogP contribution < -0.4 is 0 Å². The van der Waals surface area contributed by atoms with E-state index in [9.17, 15) is 0 Å². The lowest BCUT2D eigenvalue weighted by Gasteiger charge is -2.30. The van der Waals surface area contributed by atoms with Crippen molar-refractivity contribution in [3.8, 4) is 0 Å². The van der Waals surface area contributed by atoms with Crippen LogP contribution in [0, 0.1) is 0 Å². The Kier molecular flexibility index (Phi) is 12.9. The van der Waals surface area contributed by atoms with Crippen molar-refractivity contribution in [2.75, 3.05) is 46.0 Å². The van der Waals surface area contributed by atoms with E-state index in [1.807, 2.05) is 0 Å². The second-order valence-electron chi connectivity index (χ2n) is 4.12. The van der Waals surface area contributed by atoms with Gasteiger partial charge in [0.1, 0.15) is 0 Å². The lowest BCUT2D eigenvalue weighted by Crippen LogP contribution is -2.30. The minimum Gasteiger partial charge on any atom is -0.179 e. The topological polar surface area (TPSA) is 0 Å². The van der Waals surface area contributed by atoms with Crippen LogP contribution in [-0.4, -0.2) is 56.5 Å². The summed E-state index contributed by atoms with van der Waals surface area (Å²) in [6.07, 6.45) is 2.50. The fraction of sp³-hybridized carbons (Fsp3) is 1.00. The van der Waals surface area contributed by atoms with E-state index in [2.05, 4.69) is 72.3 Å². The summed E-state index contributed by atoms with van der Waals surface area (Å²) in [7, 11) is 0. The van der Waals surface area contributed by atoms with E-state index < -0.39 is 0 Å². The summed E-state index contributed by atoms with van der Waals surface area (Å²) >= 11 is 17.2. The van der Waals surface area contributed by atoms with Crippen LogP contribution >= 0.6 is 72.3 Å². The lowest BCUT2D eigenvalue weighted by atomic mass is 10.3. The number of thioether (sulfide) groups is 4. The summed E-state index contributed by atoms with van der Waals surface area (Å²) in [4.78, 5) is 0. The molecule has 1 heterocycles. The first-order valence-corrected chi connectivity index (χ1v) is 12.2. The molecule has 0 N–H and O–H groups in total. The van der Waals surface area contributed by atoms with Crippen LogP contribution in [0.2, 0.25) is 0 Å². The molecule has 108 valence electrons. The van der Waals surface area contributed by atoms with Crippen molar-refractivity contribution in [3.05, 3.63) is 0 Å². The third-order valence-corrected chi connectivity index (χ3v) is 9.18. The van der Waals surface area contributed by atoms with E-state index in [-0.39, 0.29) is 0 Å². The molecule has 0 aromatic rings. The molecule has 1 aliphatic heterocycles. The zero-order chi connectivity index (χ0) is 13.1. The van der Waals surface area contributed by atoms with Crippen molar-refractivity contribution in [3.63, 3.8) is 0 Å². The Balaban J connectivity index is 2.15. The number of hydrogen-bond acceptors (Lipinski definition) is 6. The maximum atomic E-state index is 4.27. The largest absolute Gasteiger partial charge is 0.179 e. The molecule has 0 radical (unpaired) electrons. The summed E-state index contributed by atoms with van der Waals surface area (Å²) in [6.45, 7) is 0. The second kappa shape index (κ2) is 12.8. The van der Waals surface area contributed by atoms with E-state index in [1.54, 1.807) is 0 Å². The smallest absolute Gasteiger partial charge is 0.0265 e. The average Bonchev–Trinajstić information content (AvgIpc) is 2.41. The van der Waals surface area contributed by atoms with Gasteiger partial charge in [-0.1, -0.05) is 0 Å². The Bertz CT molecular complexity index is 169. The zero-order valence-electron chi connectivity index (χ0n) is 10.8. The van der Waals surface area contributed by atoms with Crippen molar-refractivity contribution in [2.45, 2.75) is 23.3 Å². The molecule has 1 aliphatic rings. The average molecular weight is 361 g/mol. The lowest BCUT2D eigenvalue weighted by molar-refractivity contribution is 0.935. The SMILES string of the molecule is SCCCSCC1SCCSC1CSCCCS. The number of thiol groups is 2. The van der Waals surface area contributed by atoms with Crippen molar-refractivity contribution in [2.24, 2.45) is 0 Å². The van der Waals surface area contributed by atoms with Gasteiger partial charge in [-0.2, -0.15) is 72.3 Å². The van der Waals surface area contributed by atoms with Crippen LogP contribution in [0.15, 0.2) is 0 Å². The van der Waals surface area contributed by atoms with Gasteiger partial charge in [0.15, 0.2) is 0 Å². The third kappa shape index (κ3) is 8.40. The summed E-state index contributed by atoms with van der Waals surface area (Å²) in [5.41, 5.74) is 0. The maximum Gasteiger partial charge on any atom is 0.0265 e. The molecule has 1 fully saturated rings. The normalized spacial score (nSPS) is 24.3. The molecule has 0 saturated carbocycles. The molecule has 0 aliphatic carbocycles. The number of hydrogen-bond donors (Lipinski definition) is 2. The minimum atomic E-state index is 0.872. The summed E-state index contributed by atoms with van der Waals surface area (Å²) < 4.78 is 0. The molecule has 6 heteroatoms. The molecule has 2 atom stereocenters. The van der Waals surface area contributed by atoms with Crippen LogP contribution in [0.5, 0.6) is 0 Å². The molecule has 0 amide bonds. The summed E-state index contributed by atoms with van der Waals surface area (Å²) in [6, 6.07) is 0. The predicted molar refractivity (Wildman–Crippen MR) is 104 cm³/mol. The van der Waals surface area contributed by atoms with Gasteiger partial charge in [0.2, 0.25) is 0 Å². The second-order valence-corrected chi connectivity index (χ2v) is 10.0. The molecule has 18 heavy (non-hydrogen) atoms. The highest BCUT2D eigenvalue weighted by molar-refractivity contribution is 8.09. The first kappa shape index (κ1) is 18.1. The van der Waals surface area contributed by atoms with Gasteiger partial charge in [0.05, 0.1) is 0 Å². The molecule has 0 aromatic carbocycles. The molecule has 0 bridgehead atoms. The summed E-state index contributed by atoms with van der Waals surface area (Å²) in [5, 5.41) is 1.74. The molecule has 0 nitrogen and oxygen atoms in total. The quantitative estimate of drug-likeness (QED) is 0.440. The highest BCUT2D eigenvalue weighted by Gasteiger charge is 2.25. The molecule has 2 unspecified atom stereocenters. The van der Waals surface area contributed by atoms with E-state index in [0.29, 0.717) is 0 Å². The van der Waals surface area contributed by atoms with Crippen molar-refractivity contribution < 1.29 is 0 Å². The van der Waals surface area contributed by atoms with Crippen molar-refractivity contribution in [1.82, 2.24) is 0 Å². The Morgan fingerprint density at radius 3 is 1.67 bits per heavy atom. The van der Waals surface area contributed by atoms with E-state index >= 15 is 0 Å². The Morgan fingerprint density at radius 2 is 1.28 bits per heavy atom. The maximum absolute atomic E-state index is 4.27. The standard InChI is InChI=1S/C12H24S6/c13-3-1-5-15-9-11-12(18-8-7-17-11)10-16-6-2-4-14/h11-14H,1-10H2. The molecule has 0 aromatic heterocycles. The van der Waals surface area contributed by atoms with Gasteiger partial charge >= 0.3 is 0 Å². The Labute approximate surface area is 141 Å². The van der Waals surface area contributed by atoms with Crippen molar-refractivity contribution in [1.29, 1.82) is 0 Å². The van der Waals surface area contributed by atoms with E-state index in [1.165, 1.54) is 47.4 Å². The molecular weight excluding hydrogens is 337 g/mol. The molecule has 0 spiro atoms. The van der Waals surface area contributed by atoms with Crippen LogP contribution in [0.4, 0.5) is 0 Å². The van der Waals surface area contributed by atoms with Crippen LogP contribution in [0.3, 0.4) is 0 Å². The van der Waals surface area contributed by atoms with E-state index in [4.69, 9.17) is 0 Å². The molecule has 1 rings (SSSR count). The van der Waals surface area contributed by atoms with Gasteiger partial charge in [-0.3, -0.25) is 0 Å². The first-order chi connectivity index (χ1) is 8.88. The van der Waals surface area contributed by atoms with Crippen LogP contribution in [0.25, 0.3) is 0 Å². The van der Waals surface area contributed by atoms with Gasteiger partial charge in [-0.05, 0) is 35.9 Å². The number of rotatable bonds is 10. The molecular formula is C12H24S6. The van der Waals surface area contributed by atoms with Crippen molar-refractivity contribution >= 4 is 72.3 Å². The van der Waals surface area contributed by atoms with E-state index in [0.717, 1.165) is 22.0 Å². The zero-order valence-corrected chi connectivity index (χ0v) is 15.8.